The van der Waals surface area contributed by atoms with Crippen LogP contribution in [0.4, 0.5) is 0 Å². The van der Waals surface area contributed by atoms with E-state index in [1.54, 1.807) is 0 Å². The summed E-state index contributed by atoms with van der Waals surface area (Å²) in [5, 5.41) is 0. The number of allylic oxidation sites excluding steroid dienone is 5. The number of carbonyl (C=O) groups is 1. The summed E-state index contributed by atoms with van der Waals surface area (Å²) in [5.74, 6) is 0.251. The molecule has 1 aliphatic heterocycles. The average molecular weight is 202 g/mol. The molecule has 0 saturated heterocycles. The minimum absolute atomic E-state index is 0.251. The molecular formula is C13H16NO+. The highest BCUT2D eigenvalue weighted by atomic mass is 16.1. The minimum Gasteiger partial charge on any atom is -0.299 e. The summed E-state index contributed by atoms with van der Waals surface area (Å²) in [5.41, 5.74) is 0.886. The number of quaternary nitrogens is 1. The van der Waals surface area contributed by atoms with Gasteiger partial charge in [0, 0.05) is 5.57 Å². The Morgan fingerprint density at radius 1 is 1.27 bits per heavy atom. The van der Waals surface area contributed by atoms with E-state index in [0.29, 0.717) is 6.54 Å². The highest BCUT2D eigenvalue weighted by Crippen LogP contribution is 2.09. The van der Waals surface area contributed by atoms with E-state index in [9.17, 15) is 4.79 Å². The van der Waals surface area contributed by atoms with Crippen LogP contribution >= 0.6 is 0 Å². The lowest BCUT2D eigenvalue weighted by Gasteiger charge is -2.14. The van der Waals surface area contributed by atoms with Gasteiger partial charge in [-0.15, -0.1) is 0 Å². The van der Waals surface area contributed by atoms with E-state index in [1.807, 2.05) is 30.5 Å². The molecule has 15 heavy (non-hydrogen) atoms. The molecule has 0 aromatic carbocycles. The van der Waals surface area contributed by atoms with Crippen LogP contribution in [-0.2, 0) is 4.79 Å². The number of nitrogens with one attached hydrogen (secondary N) is 1. The molecule has 2 rings (SSSR count). The molecule has 0 bridgehead atoms. The van der Waals surface area contributed by atoms with E-state index < -0.39 is 0 Å². The van der Waals surface area contributed by atoms with E-state index in [1.165, 1.54) is 4.90 Å². The van der Waals surface area contributed by atoms with Crippen LogP contribution < -0.4 is 4.90 Å². The Morgan fingerprint density at radius 3 is 2.87 bits per heavy atom. The predicted molar refractivity (Wildman–Crippen MR) is 60.4 cm³/mol. The summed E-state index contributed by atoms with van der Waals surface area (Å²) in [6, 6.07) is 0. The number of hydrogen-bond acceptors (Lipinski definition) is 1. The molecule has 2 heteroatoms. The fourth-order valence-corrected chi connectivity index (χ4v) is 1.82. The van der Waals surface area contributed by atoms with Crippen molar-refractivity contribution in [3.05, 3.63) is 48.2 Å². The standard InChI is InChI=1S/C13H15NO/c15-13(12-7-3-1-4-8-12)11-14-9-5-2-6-10-14/h2-3,5-9H,1,4,10-11H2/p+1. The van der Waals surface area contributed by atoms with E-state index in [4.69, 9.17) is 0 Å². The van der Waals surface area contributed by atoms with E-state index in [-0.39, 0.29) is 5.78 Å². The van der Waals surface area contributed by atoms with Crippen molar-refractivity contribution in [2.75, 3.05) is 13.1 Å². The first-order valence-electron chi connectivity index (χ1n) is 5.44. The first-order chi connectivity index (χ1) is 7.36. The Morgan fingerprint density at radius 2 is 2.20 bits per heavy atom. The molecule has 1 N–H and O–H groups in total. The summed E-state index contributed by atoms with van der Waals surface area (Å²) in [4.78, 5) is 13.1. The molecule has 0 saturated carbocycles. The Bertz CT molecular complexity index is 361. The molecule has 0 radical (unpaired) electrons. The van der Waals surface area contributed by atoms with Crippen molar-refractivity contribution in [2.45, 2.75) is 12.8 Å². The van der Waals surface area contributed by atoms with Crippen LogP contribution in [0.15, 0.2) is 48.2 Å². The van der Waals surface area contributed by atoms with Crippen molar-refractivity contribution in [3.8, 4) is 0 Å². The third-order valence-corrected chi connectivity index (χ3v) is 2.66. The molecule has 0 spiro atoms. The molecule has 0 aromatic rings. The van der Waals surface area contributed by atoms with Gasteiger partial charge in [-0.3, -0.25) is 9.69 Å². The lowest BCUT2D eigenvalue weighted by atomic mass is 10.0. The zero-order valence-electron chi connectivity index (χ0n) is 8.78. The number of rotatable bonds is 3. The Kier molecular flexibility index (Phi) is 3.30. The van der Waals surface area contributed by atoms with E-state index in [0.717, 1.165) is 25.0 Å². The molecule has 1 unspecified atom stereocenters. The van der Waals surface area contributed by atoms with Gasteiger partial charge in [-0.25, -0.2) is 0 Å². The Balaban J connectivity index is 1.92. The van der Waals surface area contributed by atoms with Crippen molar-refractivity contribution in [3.63, 3.8) is 0 Å². The number of ketones is 1. The van der Waals surface area contributed by atoms with Crippen molar-refractivity contribution < 1.29 is 9.69 Å². The fourth-order valence-electron chi connectivity index (χ4n) is 1.82. The van der Waals surface area contributed by atoms with E-state index >= 15 is 0 Å². The summed E-state index contributed by atoms with van der Waals surface area (Å²) >= 11 is 0. The molecule has 2 aliphatic rings. The van der Waals surface area contributed by atoms with Gasteiger partial charge in [-0.1, -0.05) is 24.3 Å². The van der Waals surface area contributed by atoms with Crippen molar-refractivity contribution in [2.24, 2.45) is 0 Å². The maximum Gasteiger partial charge on any atom is 0.216 e. The van der Waals surface area contributed by atoms with Gasteiger partial charge in [-0.05, 0) is 25.0 Å². The second kappa shape index (κ2) is 4.89. The van der Waals surface area contributed by atoms with Crippen LogP contribution in [0.5, 0.6) is 0 Å². The first kappa shape index (κ1) is 10.1. The van der Waals surface area contributed by atoms with Crippen LogP contribution in [0.25, 0.3) is 0 Å². The van der Waals surface area contributed by atoms with Crippen LogP contribution in [0.3, 0.4) is 0 Å². The van der Waals surface area contributed by atoms with Gasteiger partial charge < -0.3 is 0 Å². The number of carbonyl (C=O) groups excluding carboxylic acids is 1. The van der Waals surface area contributed by atoms with Gasteiger partial charge in [0.05, 0.1) is 6.20 Å². The van der Waals surface area contributed by atoms with Crippen molar-refractivity contribution in [1.29, 1.82) is 0 Å². The van der Waals surface area contributed by atoms with Crippen LogP contribution in [0, 0.1) is 0 Å². The highest BCUT2D eigenvalue weighted by molar-refractivity contribution is 5.98. The van der Waals surface area contributed by atoms with Crippen molar-refractivity contribution >= 4 is 5.78 Å². The SMILES string of the molecule is O=C(C[NH+]1C=CC=CC1)C1=CCCC=C1. The quantitative estimate of drug-likeness (QED) is 0.718. The van der Waals surface area contributed by atoms with Gasteiger partial charge >= 0.3 is 0 Å². The summed E-state index contributed by atoms with van der Waals surface area (Å²) in [6.07, 6.45) is 16.3. The topological polar surface area (TPSA) is 21.5 Å². The van der Waals surface area contributed by atoms with Gasteiger partial charge in [0.15, 0.2) is 0 Å². The van der Waals surface area contributed by atoms with Crippen molar-refractivity contribution in [1.82, 2.24) is 0 Å². The zero-order valence-corrected chi connectivity index (χ0v) is 8.78. The van der Waals surface area contributed by atoms with Gasteiger partial charge in [0.1, 0.15) is 13.1 Å². The monoisotopic (exact) mass is 202 g/mol. The highest BCUT2D eigenvalue weighted by Gasteiger charge is 2.15. The zero-order chi connectivity index (χ0) is 10.5. The average Bonchev–Trinajstić information content (AvgIpc) is 2.31. The third-order valence-electron chi connectivity index (χ3n) is 2.66. The number of hydrogen-bond donors (Lipinski definition) is 1. The lowest BCUT2D eigenvalue weighted by molar-refractivity contribution is -0.831. The van der Waals surface area contributed by atoms with Crippen LogP contribution in [0.1, 0.15) is 12.8 Å². The van der Waals surface area contributed by atoms with Crippen LogP contribution in [0.2, 0.25) is 0 Å². The maximum atomic E-state index is 11.9. The van der Waals surface area contributed by atoms with Gasteiger partial charge in [-0.2, -0.15) is 0 Å². The molecular weight excluding hydrogens is 186 g/mol. The fraction of sp³-hybridized carbons (Fsp3) is 0.308. The molecule has 0 fully saturated rings. The smallest absolute Gasteiger partial charge is 0.216 e. The Hall–Kier alpha value is -1.41. The van der Waals surface area contributed by atoms with Crippen LogP contribution in [-0.4, -0.2) is 18.9 Å². The van der Waals surface area contributed by atoms with Gasteiger partial charge in [0.2, 0.25) is 5.78 Å². The normalized spacial score (nSPS) is 24.0. The molecule has 2 nitrogen and oxygen atoms in total. The molecule has 0 aromatic heterocycles. The van der Waals surface area contributed by atoms with E-state index in [2.05, 4.69) is 12.2 Å². The maximum absolute atomic E-state index is 11.9. The lowest BCUT2D eigenvalue weighted by Crippen LogP contribution is -3.08. The molecule has 1 heterocycles. The summed E-state index contributed by atoms with van der Waals surface area (Å²) in [6.45, 7) is 1.48. The predicted octanol–water partition coefficient (Wildman–Crippen LogP) is 0.800. The minimum atomic E-state index is 0.251. The first-order valence-corrected chi connectivity index (χ1v) is 5.44. The Labute approximate surface area is 90.3 Å². The molecule has 1 aliphatic carbocycles. The largest absolute Gasteiger partial charge is 0.299 e. The molecule has 0 amide bonds. The third kappa shape index (κ3) is 2.77. The summed E-state index contributed by atoms with van der Waals surface area (Å²) in [7, 11) is 0. The van der Waals surface area contributed by atoms with Gasteiger partial charge in [0.25, 0.3) is 0 Å². The second-order valence-electron chi connectivity index (χ2n) is 3.89. The number of Topliss-reactive ketones (excluding diaryl/α,β-unsaturated/α-hetero) is 1. The molecule has 78 valence electrons. The molecule has 1 atom stereocenters. The second-order valence-corrected chi connectivity index (χ2v) is 3.89. The summed E-state index contributed by atoms with van der Waals surface area (Å²) < 4.78 is 0.